The van der Waals surface area contributed by atoms with Crippen molar-refractivity contribution in [2.45, 2.75) is 39.2 Å². The van der Waals surface area contributed by atoms with Crippen LogP contribution in [-0.4, -0.2) is 65.7 Å². The maximum Gasteiger partial charge on any atom is 0.326 e. The molecule has 0 aromatic carbocycles. The average molecular weight is 271 g/mol. The number of nitrogens with one attached hydrogen (secondary N) is 1. The molecular weight excluding hydrogens is 246 g/mol. The van der Waals surface area contributed by atoms with Crippen molar-refractivity contribution >= 4 is 12.0 Å². The smallest absolute Gasteiger partial charge is 0.326 e. The molecule has 1 fully saturated rings. The fourth-order valence-electron chi connectivity index (χ4n) is 2.41. The van der Waals surface area contributed by atoms with Crippen molar-refractivity contribution < 1.29 is 14.7 Å². The van der Waals surface area contributed by atoms with Crippen molar-refractivity contribution in [3.05, 3.63) is 0 Å². The number of likely N-dealkylation sites (tertiary alicyclic amines) is 1. The highest BCUT2D eigenvalue weighted by Crippen LogP contribution is 2.17. The van der Waals surface area contributed by atoms with Gasteiger partial charge in [0.25, 0.3) is 0 Å². The first kappa shape index (κ1) is 15.8. The van der Waals surface area contributed by atoms with Gasteiger partial charge in [-0.1, -0.05) is 13.8 Å². The third-order valence-electron chi connectivity index (χ3n) is 3.62. The molecule has 1 saturated heterocycles. The zero-order valence-electron chi connectivity index (χ0n) is 11.9. The van der Waals surface area contributed by atoms with E-state index in [1.54, 1.807) is 0 Å². The highest BCUT2D eigenvalue weighted by atomic mass is 16.4. The third kappa shape index (κ3) is 4.70. The molecule has 1 atom stereocenters. The molecule has 6 nitrogen and oxygen atoms in total. The molecule has 1 rings (SSSR count). The van der Waals surface area contributed by atoms with Gasteiger partial charge in [0.2, 0.25) is 0 Å². The molecule has 1 heterocycles. The van der Waals surface area contributed by atoms with Crippen LogP contribution in [0, 0.1) is 0 Å². The molecule has 110 valence electrons. The Hall–Kier alpha value is -1.30. The first-order valence-electron chi connectivity index (χ1n) is 7.09. The van der Waals surface area contributed by atoms with Crippen LogP contribution in [0.4, 0.5) is 4.79 Å². The van der Waals surface area contributed by atoms with E-state index in [2.05, 4.69) is 24.1 Å². The van der Waals surface area contributed by atoms with Gasteiger partial charge in [-0.2, -0.15) is 0 Å². The predicted octanol–water partition coefficient (Wildman–Crippen LogP) is 0.977. The van der Waals surface area contributed by atoms with Gasteiger partial charge in [-0.05, 0) is 38.9 Å². The van der Waals surface area contributed by atoms with Crippen LogP contribution in [0.25, 0.3) is 0 Å². The van der Waals surface area contributed by atoms with Crippen LogP contribution in [-0.2, 0) is 4.79 Å². The molecule has 1 aliphatic heterocycles. The Labute approximate surface area is 114 Å². The number of aliphatic carboxylic acids is 1. The number of carboxylic acid groups (broad SMARTS) is 1. The summed E-state index contributed by atoms with van der Waals surface area (Å²) < 4.78 is 0. The molecule has 2 N–H and O–H groups in total. The van der Waals surface area contributed by atoms with Gasteiger partial charge in [0, 0.05) is 13.1 Å². The van der Waals surface area contributed by atoms with Crippen molar-refractivity contribution in [2.75, 3.05) is 32.7 Å². The summed E-state index contributed by atoms with van der Waals surface area (Å²) in [7, 11) is 0. The normalized spacial score (nSPS) is 18.9. The third-order valence-corrected chi connectivity index (χ3v) is 3.62. The van der Waals surface area contributed by atoms with Crippen LogP contribution in [0.1, 0.15) is 33.1 Å². The average Bonchev–Trinajstić information content (AvgIpc) is 2.88. The molecule has 0 aromatic heterocycles. The second-order valence-corrected chi connectivity index (χ2v) is 4.80. The van der Waals surface area contributed by atoms with E-state index in [0.29, 0.717) is 19.5 Å². The van der Waals surface area contributed by atoms with Crippen LogP contribution in [0.3, 0.4) is 0 Å². The molecular formula is C13H25N3O3. The highest BCUT2D eigenvalue weighted by molar-refractivity contribution is 5.83. The van der Waals surface area contributed by atoms with Gasteiger partial charge in [-0.15, -0.1) is 0 Å². The van der Waals surface area contributed by atoms with Crippen molar-refractivity contribution in [1.29, 1.82) is 0 Å². The summed E-state index contributed by atoms with van der Waals surface area (Å²) in [6, 6.07) is -0.896. The summed E-state index contributed by atoms with van der Waals surface area (Å²) >= 11 is 0. The predicted molar refractivity (Wildman–Crippen MR) is 73.2 cm³/mol. The number of nitrogens with zero attached hydrogens (tertiary/aromatic N) is 2. The minimum Gasteiger partial charge on any atom is -0.480 e. The summed E-state index contributed by atoms with van der Waals surface area (Å²) in [6.07, 6.45) is 2.21. The number of hydrogen-bond acceptors (Lipinski definition) is 3. The van der Waals surface area contributed by atoms with Gasteiger partial charge >= 0.3 is 12.0 Å². The lowest BCUT2D eigenvalue weighted by molar-refractivity contribution is -0.141. The van der Waals surface area contributed by atoms with Crippen molar-refractivity contribution in [3.63, 3.8) is 0 Å². The van der Waals surface area contributed by atoms with E-state index in [0.717, 1.165) is 32.5 Å². The Morgan fingerprint density at radius 3 is 2.63 bits per heavy atom. The molecule has 0 saturated carbocycles. The minimum atomic E-state index is -0.907. The topological polar surface area (TPSA) is 72.9 Å². The Morgan fingerprint density at radius 2 is 2.05 bits per heavy atom. The molecule has 19 heavy (non-hydrogen) atoms. The van der Waals surface area contributed by atoms with Crippen LogP contribution < -0.4 is 5.32 Å². The first-order chi connectivity index (χ1) is 9.10. The molecule has 0 spiro atoms. The number of urea groups is 1. The molecule has 0 radical (unpaired) electrons. The van der Waals surface area contributed by atoms with E-state index in [9.17, 15) is 9.59 Å². The maximum atomic E-state index is 11.9. The second-order valence-electron chi connectivity index (χ2n) is 4.80. The van der Waals surface area contributed by atoms with Gasteiger partial charge in [0.05, 0.1) is 0 Å². The number of carbonyl (C=O) groups excluding carboxylic acids is 1. The molecule has 2 amide bonds. The van der Waals surface area contributed by atoms with E-state index in [1.165, 1.54) is 4.90 Å². The monoisotopic (exact) mass is 271 g/mol. The zero-order valence-corrected chi connectivity index (χ0v) is 11.9. The number of rotatable bonds is 7. The fraction of sp³-hybridized carbons (Fsp3) is 0.846. The van der Waals surface area contributed by atoms with E-state index in [1.807, 2.05) is 0 Å². The zero-order chi connectivity index (χ0) is 14.3. The Kier molecular flexibility index (Phi) is 6.62. The number of amides is 2. The summed E-state index contributed by atoms with van der Waals surface area (Å²) in [5.74, 6) is -0.907. The Balaban J connectivity index is 2.26. The summed E-state index contributed by atoms with van der Waals surface area (Å²) in [6.45, 7) is 8.34. The number of carboxylic acids is 1. The molecule has 0 aromatic rings. The molecule has 1 aliphatic rings. The van der Waals surface area contributed by atoms with Gasteiger partial charge < -0.3 is 20.2 Å². The fourth-order valence-corrected chi connectivity index (χ4v) is 2.41. The van der Waals surface area contributed by atoms with E-state index >= 15 is 0 Å². The lowest BCUT2D eigenvalue weighted by Gasteiger charge is -2.22. The van der Waals surface area contributed by atoms with Gasteiger partial charge in [-0.25, -0.2) is 9.59 Å². The lowest BCUT2D eigenvalue weighted by atomic mass is 10.2. The van der Waals surface area contributed by atoms with Crippen LogP contribution in [0.15, 0.2) is 0 Å². The SMILES string of the molecule is CCN(CC)CCCNC(=O)N1CCCC1C(=O)O. The van der Waals surface area contributed by atoms with E-state index in [-0.39, 0.29) is 6.03 Å². The van der Waals surface area contributed by atoms with Crippen LogP contribution in [0.2, 0.25) is 0 Å². The summed E-state index contributed by atoms with van der Waals surface area (Å²) in [5, 5.41) is 11.8. The van der Waals surface area contributed by atoms with Crippen molar-refractivity contribution in [2.24, 2.45) is 0 Å². The molecule has 6 heteroatoms. The Bertz CT molecular complexity index is 306. The largest absolute Gasteiger partial charge is 0.480 e. The van der Waals surface area contributed by atoms with Crippen LogP contribution in [0.5, 0.6) is 0 Å². The van der Waals surface area contributed by atoms with Crippen molar-refractivity contribution in [1.82, 2.24) is 15.1 Å². The number of hydrogen-bond donors (Lipinski definition) is 2. The molecule has 1 unspecified atom stereocenters. The maximum absolute atomic E-state index is 11.9. The second kappa shape index (κ2) is 7.99. The molecule has 0 aliphatic carbocycles. The van der Waals surface area contributed by atoms with E-state index in [4.69, 9.17) is 5.11 Å². The van der Waals surface area contributed by atoms with Gasteiger partial charge in [-0.3, -0.25) is 0 Å². The standard InChI is InChI=1S/C13H25N3O3/c1-3-15(4-2)9-6-8-14-13(19)16-10-5-7-11(16)12(17)18/h11H,3-10H2,1-2H3,(H,14,19)(H,17,18). The lowest BCUT2D eigenvalue weighted by Crippen LogP contribution is -2.46. The van der Waals surface area contributed by atoms with E-state index < -0.39 is 12.0 Å². The quantitative estimate of drug-likeness (QED) is 0.677. The summed E-state index contributed by atoms with van der Waals surface area (Å²) in [4.78, 5) is 26.6. The van der Waals surface area contributed by atoms with Crippen molar-refractivity contribution in [3.8, 4) is 0 Å². The Morgan fingerprint density at radius 1 is 1.37 bits per heavy atom. The summed E-state index contributed by atoms with van der Waals surface area (Å²) in [5.41, 5.74) is 0. The van der Waals surface area contributed by atoms with Gasteiger partial charge in [0.1, 0.15) is 6.04 Å². The molecule has 0 bridgehead atoms. The minimum absolute atomic E-state index is 0.246. The van der Waals surface area contributed by atoms with Gasteiger partial charge in [0.15, 0.2) is 0 Å². The van der Waals surface area contributed by atoms with Crippen LogP contribution >= 0.6 is 0 Å². The number of carbonyl (C=O) groups is 2. The highest BCUT2D eigenvalue weighted by Gasteiger charge is 2.33. The first-order valence-corrected chi connectivity index (χ1v) is 7.09.